The SMILES string of the molecule is CC(C)(C)CCC(=O)C1CN2CCN1CC2. The van der Waals surface area contributed by atoms with Gasteiger partial charge in [-0.3, -0.25) is 14.6 Å². The molecule has 2 bridgehead atoms. The maximum atomic E-state index is 12.2. The van der Waals surface area contributed by atoms with Crippen LogP contribution < -0.4 is 0 Å². The highest BCUT2D eigenvalue weighted by atomic mass is 16.1. The van der Waals surface area contributed by atoms with E-state index < -0.39 is 0 Å². The molecule has 0 amide bonds. The first kappa shape index (κ1) is 12.1. The number of hydrogen-bond donors (Lipinski definition) is 0. The summed E-state index contributed by atoms with van der Waals surface area (Å²) < 4.78 is 0. The normalized spacial score (nSPS) is 34.1. The van der Waals surface area contributed by atoms with Gasteiger partial charge in [-0.15, -0.1) is 0 Å². The van der Waals surface area contributed by atoms with Gasteiger partial charge in [0.1, 0.15) is 0 Å². The van der Waals surface area contributed by atoms with Gasteiger partial charge in [0.25, 0.3) is 0 Å². The van der Waals surface area contributed by atoms with Crippen molar-refractivity contribution in [1.82, 2.24) is 9.80 Å². The van der Waals surface area contributed by atoms with Crippen molar-refractivity contribution < 1.29 is 4.79 Å². The summed E-state index contributed by atoms with van der Waals surface area (Å²) in [5, 5.41) is 0. The Labute approximate surface area is 98.8 Å². The number of rotatable bonds is 3. The lowest BCUT2D eigenvalue weighted by Crippen LogP contribution is -2.63. The Hall–Kier alpha value is -0.410. The lowest BCUT2D eigenvalue weighted by atomic mass is 9.88. The number of nitrogens with zero attached hydrogens (tertiary/aromatic N) is 2. The Bertz CT molecular complexity index is 262. The summed E-state index contributed by atoms with van der Waals surface area (Å²) >= 11 is 0. The van der Waals surface area contributed by atoms with Crippen LogP contribution in [0.4, 0.5) is 0 Å². The van der Waals surface area contributed by atoms with Crippen LogP contribution in [0.5, 0.6) is 0 Å². The van der Waals surface area contributed by atoms with Crippen LogP contribution in [0, 0.1) is 5.41 Å². The topological polar surface area (TPSA) is 23.6 Å². The van der Waals surface area contributed by atoms with E-state index in [1.807, 2.05) is 0 Å². The predicted molar refractivity (Wildman–Crippen MR) is 65.5 cm³/mol. The molecule has 0 aromatic carbocycles. The summed E-state index contributed by atoms with van der Waals surface area (Å²) in [7, 11) is 0. The second-order valence-electron chi connectivity index (χ2n) is 6.38. The zero-order valence-corrected chi connectivity index (χ0v) is 10.8. The van der Waals surface area contributed by atoms with E-state index in [0.717, 1.165) is 45.6 Å². The molecule has 3 saturated heterocycles. The summed E-state index contributed by atoms with van der Waals surface area (Å²) in [6, 6.07) is 0.199. The Kier molecular flexibility index (Phi) is 3.36. The van der Waals surface area contributed by atoms with Crippen molar-refractivity contribution in [2.45, 2.75) is 39.7 Å². The molecule has 3 rings (SSSR count). The van der Waals surface area contributed by atoms with Crippen molar-refractivity contribution in [1.29, 1.82) is 0 Å². The van der Waals surface area contributed by atoms with Crippen LogP contribution in [0.1, 0.15) is 33.6 Å². The lowest BCUT2D eigenvalue weighted by molar-refractivity contribution is -0.130. The van der Waals surface area contributed by atoms with Gasteiger partial charge in [0, 0.05) is 39.1 Å². The van der Waals surface area contributed by atoms with Crippen LogP contribution in [0.2, 0.25) is 0 Å². The molecule has 3 aliphatic heterocycles. The lowest BCUT2D eigenvalue weighted by Gasteiger charge is -2.46. The average molecular weight is 224 g/mol. The number of fused-ring (bicyclic) bond motifs is 3. The predicted octanol–water partition coefficient (Wildman–Crippen LogP) is 1.38. The van der Waals surface area contributed by atoms with Crippen LogP contribution in [-0.4, -0.2) is 54.3 Å². The zero-order valence-electron chi connectivity index (χ0n) is 10.8. The molecule has 0 spiro atoms. The minimum Gasteiger partial charge on any atom is -0.299 e. The van der Waals surface area contributed by atoms with Crippen molar-refractivity contribution in [3.8, 4) is 0 Å². The van der Waals surface area contributed by atoms with E-state index >= 15 is 0 Å². The number of Topliss-reactive ketones (excluding diaryl/α,β-unsaturated/α-hetero) is 1. The average Bonchev–Trinajstić information content (AvgIpc) is 2.26. The fourth-order valence-electron chi connectivity index (χ4n) is 2.59. The Balaban J connectivity index is 1.86. The van der Waals surface area contributed by atoms with Gasteiger partial charge in [0.2, 0.25) is 0 Å². The van der Waals surface area contributed by atoms with Crippen molar-refractivity contribution in [2.75, 3.05) is 32.7 Å². The molecule has 3 aliphatic rings. The highest BCUT2D eigenvalue weighted by Crippen LogP contribution is 2.23. The van der Waals surface area contributed by atoms with Crippen molar-refractivity contribution >= 4 is 5.78 Å². The van der Waals surface area contributed by atoms with Crippen LogP contribution in [0.3, 0.4) is 0 Å². The zero-order chi connectivity index (χ0) is 11.8. The molecule has 3 fully saturated rings. The molecule has 3 heterocycles. The first-order chi connectivity index (χ1) is 7.46. The Morgan fingerprint density at radius 1 is 1.19 bits per heavy atom. The van der Waals surface area contributed by atoms with Crippen molar-refractivity contribution in [3.05, 3.63) is 0 Å². The maximum absolute atomic E-state index is 12.2. The van der Waals surface area contributed by atoms with Gasteiger partial charge < -0.3 is 0 Å². The number of ketones is 1. The molecule has 0 aliphatic carbocycles. The molecule has 92 valence electrons. The summed E-state index contributed by atoms with van der Waals surface area (Å²) in [6.45, 7) is 12.1. The quantitative estimate of drug-likeness (QED) is 0.723. The smallest absolute Gasteiger partial charge is 0.151 e. The van der Waals surface area contributed by atoms with E-state index in [2.05, 4.69) is 30.6 Å². The summed E-state index contributed by atoms with van der Waals surface area (Å²) in [5.74, 6) is 0.458. The minimum absolute atomic E-state index is 0.199. The standard InChI is InChI=1S/C13H24N2O/c1-13(2,3)5-4-12(16)11-10-14-6-8-15(11)9-7-14/h11H,4-10H2,1-3H3. The second kappa shape index (κ2) is 4.46. The fourth-order valence-corrected chi connectivity index (χ4v) is 2.59. The van der Waals surface area contributed by atoms with Crippen molar-refractivity contribution in [3.63, 3.8) is 0 Å². The molecule has 16 heavy (non-hydrogen) atoms. The maximum Gasteiger partial charge on any atom is 0.151 e. The molecular weight excluding hydrogens is 200 g/mol. The molecule has 3 nitrogen and oxygen atoms in total. The van der Waals surface area contributed by atoms with E-state index in [4.69, 9.17) is 0 Å². The number of hydrogen-bond acceptors (Lipinski definition) is 3. The highest BCUT2D eigenvalue weighted by Gasteiger charge is 2.35. The summed E-state index contributed by atoms with van der Waals surface area (Å²) in [5.41, 5.74) is 0.277. The molecule has 1 unspecified atom stereocenters. The van der Waals surface area contributed by atoms with E-state index in [1.54, 1.807) is 0 Å². The fraction of sp³-hybridized carbons (Fsp3) is 0.923. The van der Waals surface area contributed by atoms with E-state index in [-0.39, 0.29) is 11.5 Å². The van der Waals surface area contributed by atoms with Gasteiger partial charge in [-0.25, -0.2) is 0 Å². The first-order valence-electron chi connectivity index (χ1n) is 6.45. The highest BCUT2D eigenvalue weighted by molar-refractivity contribution is 5.84. The van der Waals surface area contributed by atoms with E-state index in [9.17, 15) is 4.79 Å². The van der Waals surface area contributed by atoms with Crippen LogP contribution in [0.15, 0.2) is 0 Å². The molecular formula is C13H24N2O. The van der Waals surface area contributed by atoms with Gasteiger partial charge in [0.05, 0.1) is 6.04 Å². The largest absolute Gasteiger partial charge is 0.299 e. The molecule has 0 N–H and O–H groups in total. The van der Waals surface area contributed by atoms with Crippen LogP contribution in [-0.2, 0) is 4.79 Å². The molecule has 0 saturated carbocycles. The van der Waals surface area contributed by atoms with Crippen LogP contribution >= 0.6 is 0 Å². The van der Waals surface area contributed by atoms with Gasteiger partial charge in [-0.1, -0.05) is 20.8 Å². The van der Waals surface area contributed by atoms with E-state index in [1.165, 1.54) is 0 Å². The Morgan fingerprint density at radius 3 is 2.25 bits per heavy atom. The first-order valence-corrected chi connectivity index (χ1v) is 6.45. The van der Waals surface area contributed by atoms with E-state index in [0.29, 0.717) is 5.78 Å². The summed E-state index contributed by atoms with van der Waals surface area (Å²) in [6.07, 6.45) is 1.76. The number of piperazine rings is 3. The molecule has 3 heteroatoms. The van der Waals surface area contributed by atoms with Gasteiger partial charge in [0.15, 0.2) is 5.78 Å². The Morgan fingerprint density at radius 2 is 1.81 bits per heavy atom. The molecule has 0 radical (unpaired) electrons. The van der Waals surface area contributed by atoms with Crippen LogP contribution in [0.25, 0.3) is 0 Å². The van der Waals surface area contributed by atoms with Gasteiger partial charge in [-0.2, -0.15) is 0 Å². The minimum atomic E-state index is 0.199. The second-order valence-corrected chi connectivity index (χ2v) is 6.38. The molecule has 0 aromatic rings. The molecule has 0 aromatic heterocycles. The third-order valence-electron chi connectivity index (χ3n) is 3.77. The number of carbonyl (C=O) groups is 1. The van der Waals surface area contributed by atoms with Gasteiger partial charge in [-0.05, 0) is 11.8 Å². The third-order valence-corrected chi connectivity index (χ3v) is 3.77. The monoisotopic (exact) mass is 224 g/mol. The molecule has 1 atom stereocenters. The van der Waals surface area contributed by atoms with Crippen molar-refractivity contribution in [2.24, 2.45) is 5.41 Å². The third kappa shape index (κ3) is 2.83. The van der Waals surface area contributed by atoms with Gasteiger partial charge >= 0.3 is 0 Å². The number of carbonyl (C=O) groups excluding carboxylic acids is 1. The summed E-state index contributed by atoms with van der Waals surface area (Å²) in [4.78, 5) is 17.0.